The van der Waals surface area contributed by atoms with Crippen molar-refractivity contribution >= 4 is 11.3 Å². The van der Waals surface area contributed by atoms with Crippen LogP contribution in [0.4, 0.5) is 0 Å². The Balaban J connectivity index is 3.13. The van der Waals surface area contributed by atoms with Crippen LogP contribution < -0.4 is 0 Å². The van der Waals surface area contributed by atoms with Crippen molar-refractivity contribution < 1.29 is 9.84 Å². The van der Waals surface area contributed by atoms with Gasteiger partial charge in [0.25, 0.3) is 0 Å². The normalized spacial score (nSPS) is 13.1. The van der Waals surface area contributed by atoms with E-state index < -0.39 is 5.60 Å². The van der Waals surface area contributed by atoms with Crippen LogP contribution in [0.15, 0.2) is 0 Å². The first-order valence-electron chi connectivity index (χ1n) is 5.88. The summed E-state index contributed by atoms with van der Waals surface area (Å²) in [6, 6.07) is 0. The van der Waals surface area contributed by atoms with Gasteiger partial charge in [-0.15, -0.1) is 11.3 Å². The Morgan fingerprint density at radius 3 is 2.18 bits per heavy atom. The Bertz CT molecular complexity index is 340. The molecule has 0 bridgehead atoms. The number of aliphatic hydroxyl groups is 1. The van der Waals surface area contributed by atoms with Crippen molar-refractivity contribution in [2.45, 2.75) is 52.1 Å². The highest BCUT2D eigenvalue weighted by atomic mass is 32.1. The van der Waals surface area contributed by atoms with Crippen molar-refractivity contribution in [3.63, 3.8) is 0 Å². The van der Waals surface area contributed by atoms with E-state index in [-0.39, 0.29) is 5.41 Å². The van der Waals surface area contributed by atoms with E-state index >= 15 is 0 Å². The Morgan fingerprint density at radius 1 is 1.24 bits per heavy atom. The zero-order valence-corrected chi connectivity index (χ0v) is 12.4. The fourth-order valence-electron chi connectivity index (χ4n) is 1.58. The van der Waals surface area contributed by atoms with Gasteiger partial charge in [0.05, 0.1) is 27.8 Å². The quantitative estimate of drug-likeness (QED) is 0.902. The Kier molecular flexibility index (Phi) is 4.33. The molecule has 0 aromatic carbocycles. The molecule has 3 nitrogen and oxygen atoms in total. The summed E-state index contributed by atoms with van der Waals surface area (Å²) in [7, 11) is 1.69. The van der Waals surface area contributed by atoms with Crippen molar-refractivity contribution in [2.75, 3.05) is 13.7 Å². The maximum absolute atomic E-state index is 10.2. The summed E-state index contributed by atoms with van der Waals surface area (Å²) in [5, 5.41) is 11.2. The molecule has 4 heteroatoms. The Hall–Kier alpha value is -0.450. The minimum absolute atomic E-state index is 0.0445. The van der Waals surface area contributed by atoms with E-state index in [2.05, 4.69) is 25.8 Å². The topological polar surface area (TPSA) is 42.4 Å². The number of aromatic nitrogens is 1. The van der Waals surface area contributed by atoms with Gasteiger partial charge in [-0.05, 0) is 13.8 Å². The number of rotatable bonds is 4. The van der Waals surface area contributed by atoms with Gasteiger partial charge in [0.1, 0.15) is 0 Å². The minimum atomic E-state index is -0.828. The fraction of sp³-hybridized carbons (Fsp3) is 0.769. The number of hydrogen-bond acceptors (Lipinski definition) is 4. The van der Waals surface area contributed by atoms with E-state index in [1.54, 1.807) is 18.4 Å². The highest BCUT2D eigenvalue weighted by molar-refractivity contribution is 7.11. The van der Waals surface area contributed by atoms with Gasteiger partial charge >= 0.3 is 0 Å². The molecule has 0 aliphatic carbocycles. The maximum Gasteiger partial charge on any atom is 0.0955 e. The number of ether oxygens (including phenoxy) is 1. The predicted molar refractivity (Wildman–Crippen MR) is 71.6 cm³/mol. The van der Waals surface area contributed by atoms with Crippen LogP contribution in [0.5, 0.6) is 0 Å². The molecule has 1 aromatic heterocycles. The molecule has 0 aliphatic heterocycles. The summed E-state index contributed by atoms with van der Waals surface area (Å²) in [6.07, 6.45) is 0.806. The molecule has 1 aromatic rings. The third-order valence-electron chi connectivity index (χ3n) is 2.46. The van der Waals surface area contributed by atoms with Gasteiger partial charge in [-0.3, -0.25) is 0 Å². The molecule has 98 valence electrons. The van der Waals surface area contributed by atoms with Gasteiger partial charge in [0.15, 0.2) is 0 Å². The lowest BCUT2D eigenvalue weighted by atomic mass is 9.88. The van der Waals surface area contributed by atoms with Crippen LogP contribution in [0, 0.1) is 0 Å². The van der Waals surface area contributed by atoms with Crippen LogP contribution in [0.2, 0.25) is 0 Å². The van der Waals surface area contributed by atoms with Gasteiger partial charge in [-0.1, -0.05) is 20.8 Å². The monoisotopic (exact) mass is 257 g/mol. The van der Waals surface area contributed by atoms with E-state index in [0.29, 0.717) is 6.61 Å². The van der Waals surface area contributed by atoms with Crippen molar-refractivity contribution in [3.05, 3.63) is 15.6 Å². The third kappa shape index (κ3) is 3.76. The molecule has 0 spiro atoms. The first kappa shape index (κ1) is 14.6. The molecule has 1 rings (SSSR count). The molecule has 0 fully saturated rings. The van der Waals surface area contributed by atoms with Gasteiger partial charge in [-0.2, -0.15) is 0 Å². The lowest BCUT2D eigenvalue weighted by Crippen LogP contribution is -2.22. The van der Waals surface area contributed by atoms with E-state index in [1.165, 1.54) is 0 Å². The highest BCUT2D eigenvalue weighted by Crippen LogP contribution is 2.36. The second kappa shape index (κ2) is 5.04. The van der Waals surface area contributed by atoms with E-state index in [1.807, 2.05) is 13.8 Å². The average Bonchev–Trinajstić information content (AvgIpc) is 2.57. The van der Waals surface area contributed by atoms with Crippen LogP contribution in [-0.2, 0) is 22.2 Å². The van der Waals surface area contributed by atoms with Gasteiger partial charge in [0, 0.05) is 18.9 Å². The van der Waals surface area contributed by atoms with Crippen molar-refractivity contribution in [3.8, 4) is 0 Å². The SMILES string of the molecule is COCCc1nc(C(C)(C)C)c(C(C)(C)O)s1. The molecule has 0 radical (unpaired) electrons. The van der Waals surface area contributed by atoms with Crippen LogP contribution in [0.1, 0.15) is 50.2 Å². The Labute approximate surface area is 108 Å². The first-order valence-corrected chi connectivity index (χ1v) is 6.70. The van der Waals surface area contributed by atoms with E-state index in [4.69, 9.17) is 4.74 Å². The summed E-state index contributed by atoms with van der Waals surface area (Å²) in [4.78, 5) is 5.63. The van der Waals surface area contributed by atoms with Crippen molar-refractivity contribution in [2.24, 2.45) is 0 Å². The average molecular weight is 257 g/mol. The number of nitrogens with zero attached hydrogens (tertiary/aromatic N) is 1. The third-order valence-corrected chi connectivity index (χ3v) is 3.89. The largest absolute Gasteiger partial charge is 0.385 e. The summed E-state index contributed by atoms with van der Waals surface area (Å²) in [5.41, 5.74) is 0.129. The van der Waals surface area contributed by atoms with Gasteiger partial charge < -0.3 is 9.84 Å². The molecule has 0 amide bonds. The molecule has 17 heavy (non-hydrogen) atoms. The van der Waals surface area contributed by atoms with E-state index in [0.717, 1.165) is 22.0 Å². The predicted octanol–water partition coefficient (Wildman–Crippen LogP) is 2.86. The Morgan fingerprint density at radius 2 is 1.82 bits per heavy atom. The zero-order chi connectivity index (χ0) is 13.3. The standard InChI is InChI=1S/C13H23NO2S/c1-12(2,3)10-11(13(4,5)15)17-9(14-10)7-8-16-6/h15H,7-8H2,1-6H3. The molecular weight excluding hydrogens is 234 g/mol. The van der Waals surface area contributed by atoms with Crippen molar-refractivity contribution in [1.82, 2.24) is 4.98 Å². The molecule has 0 atom stereocenters. The van der Waals surface area contributed by atoms with Crippen molar-refractivity contribution in [1.29, 1.82) is 0 Å². The fourth-order valence-corrected chi connectivity index (χ4v) is 2.84. The van der Waals surface area contributed by atoms with Crippen LogP contribution in [-0.4, -0.2) is 23.8 Å². The number of hydrogen-bond donors (Lipinski definition) is 1. The highest BCUT2D eigenvalue weighted by Gasteiger charge is 2.30. The van der Waals surface area contributed by atoms with Crippen LogP contribution in [0.3, 0.4) is 0 Å². The molecule has 0 unspecified atom stereocenters. The number of methoxy groups -OCH3 is 1. The summed E-state index contributed by atoms with van der Waals surface area (Å²) >= 11 is 1.59. The molecule has 1 N–H and O–H groups in total. The maximum atomic E-state index is 10.2. The van der Waals surface area contributed by atoms with Gasteiger partial charge in [0.2, 0.25) is 0 Å². The summed E-state index contributed by atoms with van der Waals surface area (Å²) in [5.74, 6) is 0. The summed E-state index contributed by atoms with van der Waals surface area (Å²) < 4.78 is 5.07. The zero-order valence-electron chi connectivity index (χ0n) is 11.6. The first-order chi connectivity index (χ1) is 7.66. The molecule has 0 aliphatic rings. The lowest BCUT2D eigenvalue weighted by Gasteiger charge is -2.23. The summed E-state index contributed by atoms with van der Waals surface area (Å²) in [6.45, 7) is 10.7. The minimum Gasteiger partial charge on any atom is -0.385 e. The molecule has 1 heterocycles. The second-order valence-corrected chi connectivity index (χ2v) is 6.92. The van der Waals surface area contributed by atoms with Gasteiger partial charge in [-0.25, -0.2) is 4.98 Å². The van der Waals surface area contributed by atoms with E-state index in [9.17, 15) is 5.11 Å². The lowest BCUT2D eigenvalue weighted by molar-refractivity contribution is 0.0803. The molecule has 0 saturated heterocycles. The molecular formula is C13H23NO2S. The number of thiazole rings is 1. The van der Waals surface area contributed by atoms with Crippen LogP contribution in [0.25, 0.3) is 0 Å². The van der Waals surface area contributed by atoms with Crippen LogP contribution >= 0.6 is 11.3 Å². The second-order valence-electron chi connectivity index (χ2n) is 5.84. The smallest absolute Gasteiger partial charge is 0.0955 e. The molecule has 0 saturated carbocycles.